The molecule has 0 atom stereocenters. The van der Waals surface area contributed by atoms with Crippen molar-refractivity contribution in [1.29, 1.82) is 0 Å². The van der Waals surface area contributed by atoms with E-state index in [2.05, 4.69) is 10.6 Å². The van der Waals surface area contributed by atoms with Crippen molar-refractivity contribution >= 4 is 40.5 Å². The van der Waals surface area contributed by atoms with E-state index in [0.717, 1.165) is 22.4 Å². The molecule has 3 amide bonds. The number of hydrogen-bond acceptors (Lipinski definition) is 6. The minimum Gasteiger partial charge on any atom is -0.508 e. The molecule has 8 nitrogen and oxygen atoms in total. The highest BCUT2D eigenvalue weighted by Crippen LogP contribution is 2.37. The van der Waals surface area contributed by atoms with Gasteiger partial charge in [0, 0.05) is 11.9 Å². The summed E-state index contributed by atoms with van der Waals surface area (Å²) in [5, 5.41) is 14.9. The van der Waals surface area contributed by atoms with Crippen LogP contribution in [-0.2, 0) is 16.0 Å². The first kappa shape index (κ1) is 23.9. The molecule has 4 rings (SSSR count). The summed E-state index contributed by atoms with van der Waals surface area (Å²) < 4.78 is 5.31. The van der Waals surface area contributed by atoms with Crippen LogP contribution in [0.15, 0.2) is 48.5 Å². The van der Waals surface area contributed by atoms with Crippen LogP contribution in [0.2, 0.25) is 0 Å². The summed E-state index contributed by atoms with van der Waals surface area (Å²) in [7, 11) is 0. The van der Waals surface area contributed by atoms with Crippen LogP contribution in [-0.4, -0.2) is 41.1 Å². The molecule has 0 saturated carbocycles. The molecule has 0 aliphatic heterocycles. The Morgan fingerprint density at radius 2 is 1.83 bits per heavy atom. The molecule has 3 N–H and O–H groups in total. The number of nitrogens with zero attached hydrogens (tertiary/aromatic N) is 1. The third-order valence-corrected chi connectivity index (χ3v) is 5.64. The fourth-order valence-corrected chi connectivity index (χ4v) is 3.99. The number of aromatic nitrogens is 1. The Bertz CT molecular complexity index is 1310. The number of para-hydroxylation sites is 1. The Kier molecular flexibility index (Phi) is 7.10. The zero-order valence-corrected chi connectivity index (χ0v) is 19.6. The summed E-state index contributed by atoms with van der Waals surface area (Å²) in [5.41, 5.74) is 4.42. The fraction of sp³-hybridized carbons (Fsp3) is 0.259. The Labute approximate surface area is 203 Å². The van der Waals surface area contributed by atoms with Crippen molar-refractivity contribution in [2.75, 3.05) is 13.2 Å². The van der Waals surface area contributed by atoms with Gasteiger partial charge in [-0.2, -0.15) is 0 Å². The van der Waals surface area contributed by atoms with Crippen molar-refractivity contribution in [3.05, 3.63) is 70.9 Å². The molecular formula is C27H27N3O5. The van der Waals surface area contributed by atoms with Gasteiger partial charge in [-0.1, -0.05) is 44.2 Å². The summed E-state index contributed by atoms with van der Waals surface area (Å²) in [6.45, 7) is 3.73. The van der Waals surface area contributed by atoms with Crippen molar-refractivity contribution in [2.45, 2.75) is 26.7 Å². The average molecular weight is 474 g/mol. The van der Waals surface area contributed by atoms with E-state index in [-0.39, 0.29) is 11.7 Å². The van der Waals surface area contributed by atoms with Crippen LogP contribution in [0.5, 0.6) is 5.75 Å². The molecule has 0 saturated heterocycles. The maximum atomic E-state index is 13.1. The number of urea groups is 1. The van der Waals surface area contributed by atoms with Crippen LogP contribution in [0.1, 0.15) is 47.4 Å². The van der Waals surface area contributed by atoms with Gasteiger partial charge in [0.05, 0.1) is 16.8 Å². The molecule has 0 unspecified atom stereocenters. The second-order valence-electron chi connectivity index (χ2n) is 8.82. The van der Waals surface area contributed by atoms with Gasteiger partial charge in [-0.05, 0) is 59.7 Å². The lowest BCUT2D eigenvalue weighted by molar-refractivity contribution is -0.123. The van der Waals surface area contributed by atoms with E-state index in [9.17, 15) is 19.5 Å². The SMILES string of the molecule is CC(C)CNC(=O)NC(=O)COC(=O)c1c2c(nc3ccccc13)C(=Cc1ccc(O)cc1)CC2. The number of esters is 1. The highest BCUT2D eigenvalue weighted by atomic mass is 16.5. The summed E-state index contributed by atoms with van der Waals surface area (Å²) >= 11 is 0. The molecule has 0 radical (unpaired) electrons. The smallest absolute Gasteiger partial charge is 0.339 e. The van der Waals surface area contributed by atoms with Crippen LogP contribution < -0.4 is 10.6 Å². The predicted molar refractivity (Wildman–Crippen MR) is 133 cm³/mol. The molecule has 8 heteroatoms. The van der Waals surface area contributed by atoms with E-state index in [1.807, 2.05) is 50.3 Å². The molecular weight excluding hydrogens is 446 g/mol. The molecule has 0 spiro atoms. The monoisotopic (exact) mass is 473 g/mol. The summed E-state index contributed by atoms with van der Waals surface area (Å²) in [6, 6.07) is 13.5. The third kappa shape index (κ3) is 5.66. The maximum Gasteiger partial charge on any atom is 0.339 e. The van der Waals surface area contributed by atoms with Crippen molar-refractivity contribution in [3.8, 4) is 5.75 Å². The largest absolute Gasteiger partial charge is 0.508 e. The Balaban J connectivity index is 1.57. The number of pyridine rings is 1. The number of benzene rings is 2. The zero-order valence-electron chi connectivity index (χ0n) is 19.6. The number of nitrogens with one attached hydrogen (secondary N) is 2. The van der Waals surface area contributed by atoms with Gasteiger partial charge in [0.15, 0.2) is 6.61 Å². The van der Waals surface area contributed by atoms with Crippen LogP contribution in [0.3, 0.4) is 0 Å². The quantitative estimate of drug-likeness (QED) is 0.465. The highest BCUT2D eigenvalue weighted by Gasteiger charge is 2.28. The van der Waals surface area contributed by atoms with Gasteiger partial charge in [0.25, 0.3) is 5.91 Å². The zero-order chi connectivity index (χ0) is 24.9. The van der Waals surface area contributed by atoms with Gasteiger partial charge in [-0.3, -0.25) is 10.1 Å². The van der Waals surface area contributed by atoms with Crippen molar-refractivity contribution in [3.63, 3.8) is 0 Å². The number of ether oxygens (including phenoxy) is 1. The van der Waals surface area contributed by atoms with E-state index in [1.54, 1.807) is 18.2 Å². The first-order valence-corrected chi connectivity index (χ1v) is 11.5. The van der Waals surface area contributed by atoms with Crippen LogP contribution in [0.25, 0.3) is 22.6 Å². The molecule has 180 valence electrons. The van der Waals surface area contributed by atoms with Crippen LogP contribution in [0.4, 0.5) is 4.79 Å². The summed E-state index contributed by atoms with van der Waals surface area (Å²) in [5.74, 6) is -0.913. The summed E-state index contributed by atoms with van der Waals surface area (Å²) in [6.07, 6.45) is 3.28. The standard InChI is InChI=1S/C27H27N3O5/c1-16(2)14-28-27(34)30-23(32)15-35-26(33)24-20-5-3-4-6-22(20)29-25-18(9-12-21(24)25)13-17-7-10-19(31)11-8-17/h3-8,10-11,13,16,31H,9,12,14-15H2,1-2H3,(H2,28,30,32,34). The average Bonchev–Trinajstić information content (AvgIpc) is 3.23. The number of imide groups is 1. The normalized spacial score (nSPS) is 13.6. The summed E-state index contributed by atoms with van der Waals surface area (Å²) in [4.78, 5) is 41.9. The number of aromatic hydroxyl groups is 1. The van der Waals surface area contributed by atoms with Crippen LogP contribution in [0, 0.1) is 5.92 Å². The number of carbonyl (C=O) groups excluding carboxylic acids is 3. The molecule has 1 aromatic heterocycles. The maximum absolute atomic E-state index is 13.1. The molecule has 0 fully saturated rings. The Morgan fingerprint density at radius 1 is 1.09 bits per heavy atom. The lowest BCUT2D eigenvalue weighted by Gasteiger charge is -2.13. The second-order valence-corrected chi connectivity index (χ2v) is 8.82. The van der Waals surface area contributed by atoms with E-state index in [4.69, 9.17) is 9.72 Å². The van der Waals surface area contributed by atoms with Crippen molar-refractivity contribution in [2.24, 2.45) is 5.92 Å². The minimum atomic E-state index is -0.706. The molecule has 1 aliphatic rings. The Hall–Kier alpha value is -4.20. The van der Waals surface area contributed by atoms with Gasteiger partial charge in [0.1, 0.15) is 5.75 Å². The van der Waals surface area contributed by atoms with Crippen molar-refractivity contribution in [1.82, 2.24) is 15.6 Å². The Morgan fingerprint density at radius 3 is 2.57 bits per heavy atom. The molecule has 0 bridgehead atoms. The molecule has 3 aromatic rings. The highest BCUT2D eigenvalue weighted by molar-refractivity contribution is 6.08. The first-order chi connectivity index (χ1) is 16.8. The topological polar surface area (TPSA) is 118 Å². The number of phenols is 1. The van der Waals surface area contributed by atoms with Gasteiger partial charge < -0.3 is 15.2 Å². The number of rotatable bonds is 6. The molecule has 1 heterocycles. The first-order valence-electron chi connectivity index (χ1n) is 11.5. The number of carbonyl (C=O) groups is 3. The molecule has 35 heavy (non-hydrogen) atoms. The fourth-order valence-electron chi connectivity index (χ4n) is 3.99. The number of phenolic OH excluding ortho intramolecular Hbond substituents is 1. The second kappa shape index (κ2) is 10.4. The predicted octanol–water partition coefficient (Wildman–Crippen LogP) is 4.07. The molecule has 2 aromatic carbocycles. The van der Waals surface area contributed by atoms with E-state index in [1.165, 1.54) is 0 Å². The number of amides is 3. The van der Waals surface area contributed by atoms with Crippen molar-refractivity contribution < 1.29 is 24.2 Å². The van der Waals surface area contributed by atoms with E-state index >= 15 is 0 Å². The molecule has 1 aliphatic carbocycles. The van der Waals surface area contributed by atoms with E-state index in [0.29, 0.717) is 35.9 Å². The number of allylic oxidation sites excluding steroid dienone is 1. The van der Waals surface area contributed by atoms with Gasteiger partial charge in [-0.25, -0.2) is 14.6 Å². The van der Waals surface area contributed by atoms with E-state index < -0.39 is 24.5 Å². The van der Waals surface area contributed by atoms with Crippen LogP contribution >= 0.6 is 0 Å². The number of hydrogen-bond donors (Lipinski definition) is 3. The lowest BCUT2D eigenvalue weighted by atomic mass is 10.0. The minimum absolute atomic E-state index is 0.189. The van der Waals surface area contributed by atoms with Gasteiger partial charge >= 0.3 is 12.0 Å². The number of fused-ring (bicyclic) bond motifs is 2. The van der Waals surface area contributed by atoms with Gasteiger partial charge in [-0.15, -0.1) is 0 Å². The van der Waals surface area contributed by atoms with Gasteiger partial charge in [0.2, 0.25) is 0 Å². The lowest BCUT2D eigenvalue weighted by Crippen LogP contribution is -2.42. The third-order valence-electron chi connectivity index (χ3n) is 5.64.